The number of anilines is 1. The van der Waals surface area contributed by atoms with Crippen molar-refractivity contribution < 1.29 is 0 Å². The molecule has 2 heterocycles. The van der Waals surface area contributed by atoms with E-state index in [1.165, 1.54) is 16.0 Å². The molecule has 0 unspecified atom stereocenters. The minimum Gasteiger partial charge on any atom is -0.371 e. The molecule has 0 amide bonds. The van der Waals surface area contributed by atoms with Crippen LogP contribution in [0.3, 0.4) is 0 Å². The maximum atomic E-state index is 12.6. The monoisotopic (exact) mass is 379 g/mol. The van der Waals surface area contributed by atoms with Crippen LogP contribution in [0.25, 0.3) is 10.2 Å². The predicted molar refractivity (Wildman–Crippen MR) is 111 cm³/mol. The van der Waals surface area contributed by atoms with E-state index in [1.807, 2.05) is 24.4 Å². The maximum Gasteiger partial charge on any atom is 0.282 e. The van der Waals surface area contributed by atoms with Crippen LogP contribution in [0.1, 0.15) is 30.3 Å². The number of benzene rings is 1. The lowest BCUT2D eigenvalue weighted by atomic mass is 10.1. The van der Waals surface area contributed by atoms with Gasteiger partial charge in [0, 0.05) is 18.8 Å². The van der Waals surface area contributed by atoms with E-state index in [9.17, 15) is 4.79 Å². The van der Waals surface area contributed by atoms with E-state index in [0.717, 1.165) is 28.2 Å². The van der Waals surface area contributed by atoms with E-state index in [-0.39, 0.29) is 5.56 Å². The molecule has 0 atom stereocenters. The second kappa shape index (κ2) is 8.14. The molecule has 0 N–H and O–H groups in total. The zero-order chi connectivity index (χ0) is 19.4. The van der Waals surface area contributed by atoms with Crippen molar-refractivity contribution >= 4 is 33.5 Å². The van der Waals surface area contributed by atoms with Crippen LogP contribution in [0.2, 0.25) is 0 Å². The van der Waals surface area contributed by atoms with Gasteiger partial charge in [0.05, 0.1) is 24.1 Å². The zero-order valence-corrected chi connectivity index (χ0v) is 16.5. The van der Waals surface area contributed by atoms with E-state index in [0.29, 0.717) is 24.2 Å². The molecule has 6 nitrogen and oxygen atoms in total. The van der Waals surface area contributed by atoms with Gasteiger partial charge in [-0.1, -0.05) is 6.07 Å². The Balaban J connectivity index is 1.90. The van der Waals surface area contributed by atoms with Crippen LogP contribution in [0.15, 0.2) is 39.5 Å². The Labute approximate surface area is 162 Å². The molecule has 138 valence electrons. The molecular weight excluding hydrogens is 358 g/mol. The van der Waals surface area contributed by atoms with Crippen molar-refractivity contribution in [1.29, 1.82) is 5.26 Å². The summed E-state index contributed by atoms with van der Waals surface area (Å²) in [6.07, 6.45) is 2.19. The first-order valence-corrected chi connectivity index (χ1v) is 9.67. The van der Waals surface area contributed by atoms with Gasteiger partial charge in [0.25, 0.3) is 5.56 Å². The first kappa shape index (κ1) is 18.8. The third-order valence-corrected chi connectivity index (χ3v) is 5.25. The summed E-state index contributed by atoms with van der Waals surface area (Å²) in [5.41, 5.74) is 2.92. The average Bonchev–Trinajstić information content (AvgIpc) is 3.12. The number of rotatable bonds is 6. The van der Waals surface area contributed by atoms with Crippen molar-refractivity contribution in [3.05, 3.63) is 57.0 Å². The summed E-state index contributed by atoms with van der Waals surface area (Å²) < 4.78 is 1.34. The largest absolute Gasteiger partial charge is 0.371 e. The number of nitrogens with zero attached hydrogens (tertiary/aromatic N) is 5. The van der Waals surface area contributed by atoms with Gasteiger partial charge >= 0.3 is 0 Å². The lowest BCUT2D eigenvalue weighted by Gasteiger charge is -2.22. The quantitative estimate of drug-likeness (QED) is 0.612. The molecule has 2 aromatic heterocycles. The standard InChI is InChI=1S/C20H21N5OS/c1-4-24(10-5-9-21)17-7-6-16(14(2)12-17)13-22-25-15(3)23-19-18(20(25)26)8-11-27-19/h6-8,11-13H,4-5,10H2,1-3H3. The molecular formula is C20H21N5OS. The number of hydrogen-bond donors (Lipinski definition) is 0. The molecule has 0 aliphatic rings. The normalized spacial score (nSPS) is 11.2. The molecule has 0 radical (unpaired) electrons. The highest BCUT2D eigenvalue weighted by Crippen LogP contribution is 2.19. The summed E-state index contributed by atoms with van der Waals surface area (Å²) >= 11 is 1.45. The van der Waals surface area contributed by atoms with Gasteiger partial charge in [-0.05, 0) is 55.5 Å². The fraction of sp³-hybridized carbons (Fsp3) is 0.300. The fourth-order valence-electron chi connectivity index (χ4n) is 2.92. The Morgan fingerprint density at radius 1 is 1.37 bits per heavy atom. The molecule has 7 heteroatoms. The van der Waals surface area contributed by atoms with Crippen molar-refractivity contribution in [2.75, 3.05) is 18.0 Å². The molecule has 0 aliphatic heterocycles. The van der Waals surface area contributed by atoms with Gasteiger partial charge in [0.15, 0.2) is 0 Å². The van der Waals surface area contributed by atoms with Crippen LogP contribution < -0.4 is 10.5 Å². The van der Waals surface area contributed by atoms with Crippen LogP contribution in [0.4, 0.5) is 5.69 Å². The van der Waals surface area contributed by atoms with Crippen LogP contribution in [0.5, 0.6) is 0 Å². The Bertz CT molecular complexity index is 1090. The molecule has 0 saturated heterocycles. The average molecular weight is 379 g/mol. The molecule has 0 spiro atoms. The number of fused-ring (bicyclic) bond motifs is 1. The van der Waals surface area contributed by atoms with Gasteiger partial charge in [-0.15, -0.1) is 11.3 Å². The highest BCUT2D eigenvalue weighted by molar-refractivity contribution is 7.16. The van der Waals surface area contributed by atoms with Crippen molar-refractivity contribution in [2.24, 2.45) is 5.10 Å². The Morgan fingerprint density at radius 2 is 2.19 bits per heavy atom. The van der Waals surface area contributed by atoms with Crippen LogP contribution in [0, 0.1) is 25.2 Å². The van der Waals surface area contributed by atoms with Crippen molar-refractivity contribution in [3.8, 4) is 6.07 Å². The van der Waals surface area contributed by atoms with E-state index < -0.39 is 0 Å². The number of aromatic nitrogens is 2. The van der Waals surface area contributed by atoms with Gasteiger partial charge in [0.2, 0.25) is 0 Å². The smallest absolute Gasteiger partial charge is 0.282 e. The number of thiophene rings is 1. The lowest BCUT2D eigenvalue weighted by molar-refractivity contribution is 0.772. The molecule has 3 rings (SSSR count). The lowest BCUT2D eigenvalue weighted by Crippen LogP contribution is -2.23. The second-order valence-electron chi connectivity index (χ2n) is 6.19. The van der Waals surface area contributed by atoms with Gasteiger partial charge < -0.3 is 4.90 Å². The molecule has 3 aromatic rings. The summed E-state index contributed by atoms with van der Waals surface area (Å²) in [4.78, 5) is 19.9. The second-order valence-corrected chi connectivity index (χ2v) is 7.08. The summed E-state index contributed by atoms with van der Waals surface area (Å²) in [6, 6.07) is 10.1. The van der Waals surface area contributed by atoms with E-state index in [4.69, 9.17) is 5.26 Å². The zero-order valence-electron chi connectivity index (χ0n) is 15.6. The van der Waals surface area contributed by atoms with Crippen molar-refractivity contribution in [3.63, 3.8) is 0 Å². The number of nitriles is 1. The minimum absolute atomic E-state index is 0.155. The predicted octanol–water partition coefficient (Wildman–Crippen LogP) is 3.70. The highest BCUT2D eigenvalue weighted by Gasteiger charge is 2.09. The SMILES string of the molecule is CCN(CCC#N)c1ccc(C=Nn2c(C)nc3sccc3c2=O)c(C)c1. The van der Waals surface area contributed by atoms with Crippen molar-refractivity contribution in [2.45, 2.75) is 27.2 Å². The summed E-state index contributed by atoms with van der Waals surface area (Å²) in [7, 11) is 0. The van der Waals surface area contributed by atoms with E-state index in [1.54, 1.807) is 19.2 Å². The van der Waals surface area contributed by atoms with Gasteiger partial charge in [0.1, 0.15) is 10.7 Å². The Morgan fingerprint density at radius 3 is 2.89 bits per heavy atom. The molecule has 0 saturated carbocycles. The first-order chi connectivity index (χ1) is 13.0. The maximum absolute atomic E-state index is 12.6. The van der Waals surface area contributed by atoms with E-state index in [2.05, 4.69) is 34.0 Å². The van der Waals surface area contributed by atoms with Crippen LogP contribution in [-0.2, 0) is 0 Å². The molecule has 1 aromatic carbocycles. The van der Waals surface area contributed by atoms with Gasteiger partial charge in [-0.25, -0.2) is 4.98 Å². The van der Waals surface area contributed by atoms with Crippen LogP contribution in [-0.4, -0.2) is 29.0 Å². The molecule has 0 aliphatic carbocycles. The summed E-state index contributed by atoms with van der Waals surface area (Å²) in [5, 5.41) is 15.6. The summed E-state index contributed by atoms with van der Waals surface area (Å²) in [6.45, 7) is 7.42. The molecule has 0 fully saturated rings. The molecule has 0 bridgehead atoms. The third-order valence-electron chi connectivity index (χ3n) is 4.44. The van der Waals surface area contributed by atoms with Gasteiger partial charge in [-0.3, -0.25) is 4.79 Å². The number of hydrogen-bond acceptors (Lipinski definition) is 6. The molecule has 27 heavy (non-hydrogen) atoms. The fourth-order valence-corrected chi connectivity index (χ4v) is 3.72. The third kappa shape index (κ3) is 3.91. The first-order valence-electron chi connectivity index (χ1n) is 8.79. The van der Waals surface area contributed by atoms with E-state index >= 15 is 0 Å². The van der Waals surface area contributed by atoms with Gasteiger partial charge in [-0.2, -0.15) is 15.0 Å². The highest BCUT2D eigenvalue weighted by atomic mass is 32.1. The minimum atomic E-state index is -0.155. The Hall–Kier alpha value is -2.98. The number of aryl methyl sites for hydroxylation is 2. The summed E-state index contributed by atoms with van der Waals surface area (Å²) in [5.74, 6) is 0.564. The van der Waals surface area contributed by atoms with Crippen LogP contribution >= 0.6 is 11.3 Å². The topological polar surface area (TPSA) is 74.3 Å². The Kier molecular flexibility index (Phi) is 5.67. The van der Waals surface area contributed by atoms with Crippen molar-refractivity contribution in [1.82, 2.24) is 9.66 Å².